The number of ether oxygens (including phenoxy) is 1. The van der Waals surface area contributed by atoms with Crippen molar-refractivity contribution < 1.29 is 9.53 Å². The van der Waals surface area contributed by atoms with E-state index < -0.39 is 0 Å². The molecule has 1 heterocycles. The van der Waals surface area contributed by atoms with Gasteiger partial charge in [0.05, 0.1) is 12.0 Å². The van der Waals surface area contributed by atoms with Crippen molar-refractivity contribution in [3.8, 4) is 5.75 Å². The number of carbonyl (C=O) groups is 1. The zero-order chi connectivity index (χ0) is 12.4. The van der Waals surface area contributed by atoms with Crippen LogP contribution < -0.4 is 4.74 Å². The molecule has 0 unspecified atom stereocenters. The first-order chi connectivity index (χ1) is 8.13. The fourth-order valence-electron chi connectivity index (χ4n) is 1.93. The lowest BCUT2D eigenvalue weighted by Gasteiger charge is -2.10. The van der Waals surface area contributed by atoms with Gasteiger partial charge in [0.15, 0.2) is 0 Å². The summed E-state index contributed by atoms with van der Waals surface area (Å²) in [7, 11) is 1.63. The monoisotopic (exact) mass is 246 g/mol. The van der Waals surface area contributed by atoms with E-state index in [2.05, 4.69) is 0 Å². The van der Waals surface area contributed by atoms with Gasteiger partial charge in [-0.3, -0.25) is 4.79 Å². The Kier molecular flexibility index (Phi) is 3.29. The van der Waals surface area contributed by atoms with Gasteiger partial charge < -0.3 is 4.74 Å². The van der Waals surface area contributed by atoms with E-state index in [1.165, 1.54) is 11.3 Å². The van der Waals surface area contributed by atoms with Crippen molar-refractivity contribution in [3.63, 3.8) is 0 Å². The molecule has 0 fully saturated rings. The van der Waals surface area contributed by atoms with Gasteiger partial charge in [-0.1, -0.05) is 6.07 Å². The number of hydrogen-bond donors (Lipinski definition) is 0. The molecule has 2 nitrogen and oxygen atoms in total. The Labute approximate surface area is 105 Å². The number of hydrogen-bond acceptors (Lipinski definition) is 3. The molecule has 0 aliphatic carbocycles. The highest BCUT2D eigenvalue weighted by Crippen LogP contribution is 2.25. The van der Waals surface area contributed by atoms with Crippen LogP contribution in [-0.4, -0.2) is 12.9 Å². The summed E-state index contributed by atoms with van der Waals surface area (Å²) >= 11 is 1.47. The number of aryl methyl sites for hydroxylation is 2. The number of ketones is 1. The Morgan fingerprint density at radius 3 is 2.35 bits per heavy atom. The summed E-state index contributed by atoms with van der Waals surface area (Å²) in [6.07, 6.45) is 0. The molecule has 0 aliphatic rings. The first kappa shape index (κ1) is 11.9. The summed E-state index contributed by atoms with van der Waals surface area (Å²) in [5.74, 6) is 0.889. The Bertz CT molecular complexity index is 518. The SMILES string of the molecule is COc1cc(C)c(C(=O)c2cccs2)c(C)c1. The molecule has 0 atom stereocenters. The molecule has 0 saturated carbocycles. The van der Waals surface area contributed by atoms with Crippen LogP contribution in [0.2, 0.25) is 0 Å². The van der Waals surface area contributed by atoms with Gasteiger partial charge in [0.25, 0.3) is 0 Å². The molecule has 1 aromatic heterocycles. The van der Waals surface area contributed by atoms with Crippen LogP contribution in [0.15, 0.2) is 29.6 Å². The lowest BCUT2D eigenvalue weighted by atomic mass is 9.98. The number of thiophene rings is 1. The predicted molar refractivity (Wildman–Crippen MR) is 70.2 cm³/mol. The lowest BCUT2D eigenvalue weighted by molar-refractivity contribution is 0.104. The Morgan fingerprint density at radius 1 is 1.24 bits per heavy atom. The third-order valence-corrected chi connectivity index (χ3v) is 3.58. The van der Waals surface area contributed by atoms with Crippen molar-refractivity contribution in [2.45, 2.75) is 13.8 Å². The predicted octanol–water partition coefficient (Wildman–Crippen LogP) is 3.60. The zero-order valence-electron chi connectivity index (χ0n) is 10.1. The second-order valence-corrected chi connectivity index (χ2v) is 4.89. The number of carbonyl (C=O) groups excluding carboxylic acids is 1. The second kappa shape index (κ2) is 4.72. The van der Waals surface area contributed by atoms with E-state index in [1.807, 2.05) is 43.5 Å². The largest absolute Gasteiger partial charge is 0.497 e. The third kappa shape index (κ3) is 2.24. The first-order valence-corrected chi connectivity index (χ1v) is 6.25. The van der Waals surface area contributed by atoms with Gasteiger partial charge in [0, 0.05) is 5.56 Å². The second-order valence-electron chi connectivity index (χ2n) is 3.94. The van der Waals surface area contributed by atoms with E-state index in [-0.39, 0.29) is 5.78 Å². The lowest BCUT2D eigenvalue weighted by Crippen LogP contribution is -2.05. The highest BCUT2D eigenvalue weighted by atomic mass is 32.1. The maximum absolute atomic E-state index is 12.3. The van der Waals surface area contributed by atoms with E-state index in [0.29, 0.717) is 0 Å². The zero-order valence-corrected chi connectivity index (χ0v) is 10.9. The molecular formula is C14H14O2S. The molecule has 0 bridgehead atoms. The van der Waals surface area contributed by atoms with Crippen LogP contribution in [0.4, 0.5) is 0 Å². The fourth-order valence-corrected chi connectivity index (χ4v) is 2.60. The van der Waals surface area contributed by atoms with Gasteiger partial charge in [-0.05, 0) is 48.6 Å². The minimum absolute atomic E-state index is 0.0950. The van der Waals surface area contributed by atoms with Crippen LogP contribution in [0.1, 0.15) is 26.4 Å². The fraction of sp³-hybridized carbons (Fsp3) is 0.214. The number of methoxy groups -OCH3 is 1. The molecule has 0 aliphatic heterocycles. The summed E-state index contributed by atoms with van der Waals surface area (Å²) in [6, 6.07) is 7.55. The molecule has 2 rings (SSSR count). The third-order valence-electron chi connectivity index (χ3n) is 2.71. The van der Waals surface area contributed by atoms with E-state index in [1.54, 1.807) is 7.11 Å². The molecule has 0 saturated heterocycles. The first-order valence-electron chi connectivity index (χ1n) is 5.37. The standard InChI is InChI=1S/C14H14O2S/c1-9-7-11(16-3)8-10(2)13(9)14(15)12-5-4-6-17-12/h4-8H,1-3H3. The van der Waals surface area contributed by atoms with Crippen LogP contribution >= 0.6 is 11.3 Å². The van der Waals surface area contributed by atoms with Crippen LogP contribution in [0.25, 0.3) is 0 Å². The van der Waals surface area contributed by atoms with Crippen molar-refractivity contribution in [1.82, 2.24) is 0 Å². The molecule has 0 N–H and O–H groups in total. The average Bonchev–Trinajstić information content (AvgIpc) is 2.81. The van der Waals surface area contributed by atoms with Crippen LogP contribution in [0.3, 0.4) is 0 Å². The van der Waals surface area contributed by atoms with E-state index in [4.69, 9.17) is 4.74 Å². The molecule has 0 spiro atoms. The topological polar surface area (TPSA) is 26.3 Å². The van der Waals surface area contributed by atoms with Gasteiger partial charge in [-0.15, -0.1) is 11.3 Å². The molecule has 1 aromatic carbocycles. The Balaban J connectivity index is 2.49. The van der Waals surface area contributed by atoms with Crippen molar-refractivity contribution in [1.29, 1.82) is 0 Å². The quantitative estimate of drug-likeness (QED) is 0.773. The van der Waals surface area contributed by atoms with Gasteiger partial charge in [-0.2, -0.15) is 0 Å². The maximum Gasteiger partial charge on any atom is 0.203 e. The van der Waals surface area contributed by atoms with Crippen molar-refractivity contribution in [3.05, 3.63) is 51.2 Å². The van der Waals surface area contributed by atoms with Crippen molar-refractivity contribution in [2.24, 2.45) is 0 Å². The smallest absolute Gasteiger partial charge is 0.203 e. The van der Waals surface area contributed by atoms with Crippen molar-refractivity contribution >= 4 is 17.1 Å². The number of rotatable bonds is 3. The van der Waals surface area contributed by atoms with Gasteiger partial charge in [-0.25, -0.2) is 0 Å². The summed E-state index contributed by atoms with van der Waals surface area (Å²) < 4.78 is 5.19. The highest BCUT2D eigenvalue weighted by Gasteiger charge is 2.16. The Morgan fingerprint density at radius 2 is 1.88 bits per heavy atom. The van der Waals surface area contributed by atoms with Gasteiger partial charge >= 0.3 is 0 Å². The summed E-state index contributed by atoms with van der Waals surface area (Å²) in [5, 5.41) is 1.92. The molecule has 0 amide bonds. The van der Waals surface area contributed by atoms with E-state index in [9.17, 15) is 4.79 Å². The minimum Gasteiger partial charge on any atom is -0.497 e. The molecule has 3 heteroatoms. The number of benzene rings is 1. The molecular weight excluding hydrogens is 232 g/mol. The van der Waals surface area contributed by atoms with Crippen LogP contribution in [-0.2, 0) is 0 Å². The normalized spacial score (nSPS) is 10.3. The highest BCUT2D eigenvalue weighted by molar-refractivity contribution is 7.12. The van der Waals surface area contributed by atoms with E-state index in [0.717, 1.165) is 27.3 Å². The molecule has 0 radical (unpaired) electrons. The van der Waals surface area contributed by atoms with Gasteiger partial charge in [0.1, 0.15) is 5.75 Å². The van der Waals surface area contributed by atoms with Gasteiger partial charge in [0.2, 0.25) is 5.78 Å². The van der Waals surface area contributed by atoms with Crippen LogP contribution in [0.5, 0.6) is 5.75 Å². The van der Waals surface area contributed by atoms with Crippen LogP contribution in [0, 0.1) is 13.8 Å². The Hall–Kier alpha value is -1.61. The van der Waals surface area contributed by atoms with Crippen molar-refractivity contribution in [2.75, 3.05) is 7.11 Å². The summed E-state index contributed by atoms with van der Waals surface area (Å²) in [6.45, 7) is 3.88. The molecule has 17 heavy (non-hydrogen) atoms. The minimum atomic E-state index is 0.0950. The van der Waals surface area contributed by atoms with E-state index >= 15 is 0 Å². The maximum atomic E-state index is 12.3. The molecule has 2 aromatic rings. The average molecular weight is 246 g/mol. The molecule has 88 valence electrons. The summed E-state index contributed by atoms with van der Waals surface area (Å²) in [5.41, 5.74) is 2.70. The summed E-state index contributed by atoms with van der Waals surface area (Å²) in [4.78, 5) is 13.1.